The fourth-order valence-corrected chi connectivity index (χ4v) is 2.60. The Kier molecular flexibility index (Phi) is 4.22. The van der Waals surface area contributed by atoms with Gasteiger partial charge in [-0.2, -0.15) is 5.10 Å². The third-order valence-corrected chi connectivity index (χ3v) is 3.64. The molecule has 1 aromatic carbocycles. The minimum absolute atomic E-state index is 0.0348. The molecule has 5 nitrogen and oxygen atoms in total. The van der Waals surface area contributed by atoms with Crippen LogP contribution in [-0.4, -0.2) is 28.4 Å². The van der Waals surface area contributed by atoms with Crippen LogP contribution in [0.5, 0.6) is 0 Å². The molecule has 0 saturated carbocycles. The van der Waals surface area contributed by atoms with Crippen LogP contribution in [-0.2, 0) is 9.53 Å². The quantitative estimate of drug-likeness (QED) is 0.944. The van der Waals surface area contributed by atoms with Gasteiger partial charge in [0.15, 0.2) is 0 Å². The molecule has 110 valence electrons. The van der Waals surface area contributed by atoms with Gasteiger partial charge in [-0.15, -0.1) is 0 Å². The molecule has 1 N–H and O–H groups in total. The molecule has 1 aliphatic rings. The molecule has 1 amide bonds. The first-order chi connectivity index (χ1) is 10.2. The Balaban J connectivity index is 1.71. The molecule has 1 saturated heterocycles. The van der Waals surface area contributed by atoms with Gasteiger partial charge in [0.1, 0.15) is 5.82 Å². The van der Waals surface area contributed by atoms with Crippen molar-refractivity contribution in [2.24, 2.45) is 0 Å². The van der Waals surface area contributed by atoms with Gasteiger partial charge in [-0.25, -0.2) is 4.68 Å². The summed E-state index contributed by atoms with van der Waals surface area (Å²) in [5, 5.41) is 7.72. The van der Waals surface area contributed by atoms with Gasteiger partial charge < -0.3 is 10.1 Å². The molecule has 1 fully saturated rings. The number of carbonyl (C=O) groups excluding carboxylic acids is 1. The second-order valence-electron chi connectivity index (χ2n) is 5.00. The van der Waals surface area contributed by atoms with Crippen LogP contribution in [0.2, 0.25) is 5.02 Å². The molecule has 2 heterocycles. The lowest BCUT2D eigenvalue weighted by Crippen LogP contribution is -2.20. The van der Waals surface area contributed by atoms with Gasteiger partial charge in [0.25, 0.3) is 0 Å². The number of nitrogens with zero attached hydrogens (tertiary/aromatic N) is 2. The van der Waals surface area contributed by atoms with Crippen molar-refractivity contribution >= 4 is 23.3 Å². The maximum absolute atomic E-state index is 12.1. The van der Waals surface area contributed by atoms with Crippen molar-refractivity contribution in [3.05, 3.63) is 41.6 Å². The Morgan fingerprint density at radius 2 is 2.38 bits per heavy atom. The lowest BCUT2D eigenvalue weighted by molar-refractivity contribution is -0.118. The zero-order valence-electron chi connectivity index (χ0n) is 11.5. The molecule has 0 aliphatic carbocycles. The van der Waals surface area contributed by atoms with Crippen LogP contribution in [0.1, 0.15) is 19.3 Å². The first-order valence-corrected chi connectivity index (χ1v) is 7.31. The van der Waals surface area contributed by atoms with Gasteiger partial charge in [0.2, 0.25) is 5.91 Å². The minimum atomic E-state index is -0.0642. The van der Waals surface area contributed by atoms with Gasteiger partial charge >= 0.3 is 0 Å². The van der Waals surface area contributed by atoms with E-state index in [1.807, 2.05) is 12.1 Å². The predicted molar refractivity (Wildman–Crippen MR) is 80.8 cm³/mol. The fourth-order valence-electron chi connectivity index (χ4n) is 2.42. The smallest absolute Gasteiger partial charge is 0.228 e. The molecule has 1 atom stereocenters. The molecular weight excluding hydrogens is 290 g/mol. The maximum atomic E-state index is 12.1. The third kappa shape index (κ3) is 3.43. The number of nitrogens with one attached hydrogen (secondary N) is 1. The van der Waals surface area contributed by atoms with Gasteiger partial charge in [-0.05, 0) is 31.0 Å². The number of halogens is 1. The molecule has 0 bridgehead atoms. The minimum Gasteiger partial charge on any atom is -0.378 e. The summed E-state index contributed by atoms with van der Waals surface area (Å²) in [6.07, 6.45) is 4.02. The van der Waals surface area contributed by atoms with Crippen LogP contribution < -0.4 is 5.32 Å². The molecule has 21 heavy (non-hydrogen) atoms. The molecule has 2 aromatic rings. The van der Waals surface area contributed by atoms with Crippen molar-refractivity contribution in [2.75, 3.05) is 11.9 Å². The number of aromatic nitrogens is 2. The van der Waals surface area contributed by atoms with E-state index in [4.69, 9.17) is 16.3 Å². The van der Waals surface area contributed by atoms with E-state index < -0.39 is 0 Å². The summed E-state index contributed by atoms with van der Waals surface area (Å²) in [4.78, 5) is 12.1. The summed E-state index contributed by atoms with van der Waals surface area (Å²) >= 11 is 5.99. The average Bonchev–Trinajstić information content (AvgIpc) is 3.10. The van der Waals surface area contributed by atoms with Crippen LogP contribution in [0.3, 0.4) is 0 Å². The predicted octanol–water partition coefficient (Wildman–Crippen LogP) is 3.03. The summed E-state index contributed by atoms with van der Waals surface area (Å²) in [5.41, 5.74) is 0.805. The van der Waals surface area contributed by atoms with Crippen LogP contribution in [0, 0.1) is 0 Å². The Morgan fingerprint density at radius 1 is 1.48 bits per heavy atom. The van der Waals surface area contributed by atoms with E-state index >= 15 is 0 Å². The summed E-state index contributed by atoms with van der Waals surface area (Å²) < 4.78 is 7.12. The molecule has 0 radical (unpaired) electrons. The Hall–Kier alpha value is -1.85. The number of ether oxygens (including phenoxy) is 1. The molecule has 1 aliphatic heterocycles. The Bertz CT molecular complexity index is 635. The molecule has 6 heteroatoms. The number of anilines is 1. The number of hydrogen-bond donors (Lipinski definition) is 1. The van der Waals surface area contributed by atoms with Crippen molar-refractivity contribution in [2.45, 2.75) is 25.4 Å². The van der Waals surface area contributed by atoms with Gasteiger partial charge in [-0.3, -0.25) is 4.79 Å². The number of carbonyl (C=O) groups is 1. The standard InChI is InChI=1S/C15H16ClN3O2/c16-11-3-1-4-12(9-11)19-14(6-7-17-19)18-15(20)10-13-5-2-8-21-13/h1,3-4,6-7,9,13H,2,5,8,10H2,(H,18,20)/t13-/m0/s1. The monoisotopic (exact) mass is 305 g/mol. The van der Waals surface area contributed by atoms with E-state index in [1.54, 1.807) is 29.1 Å². The zero-order valence-corrected chi connectivity index (χ0v) is 12.2. The average molecular weight is 306 g/mol. The molecular formula is C15H16ClN3O2. The summed E-state index contributed by atoms with van der Waals surface area (Å²) in [6, 6.07) is 9.08. The molecule has 0 spiro atoms. The normalized spacial score (nSPS) is 17.9. The van der Waals surface area contributed by atoms with Crippen LogP contribution in [0.25, 0.3) is 5.69 Å². The van der Waals surface area contributed by atoms with Crippen LogP contribution in [0.4, 0.5) is 5.82 Å². The number of amides is 1. The topological polar surface area (TPSA) is 56.1 Å². The molecule has 1 aromatic heterocycles. The lowest BCUT2D eigenvalue weighted by atomic mass is 10.2. The highest BCUT2D eigenvalue weighted by Gasteiger charge is 2.19. The number of benzene rings is 1. The van der Waals surface area contributed by atoms with Crippen LogP contribution in [0.15, 0.2) is 36.5 Å². The Labute approximate surface area is 127 Å². The van der Waals surface area contributed by atoms with E-state index in [9.17, 15) is 4.79 Å². The molecule has 3 rings (SSSR count). The lowest BCUT2D eigenvalue weighted by Gasteiger charge is -2.11. The summed E-state index contributed by atoms with van der Waals surface area (Å²) in [6.45, 7) is 0.748. The van der Waals surface area contributed by atoms with Crippen molar-refractivity contribution < 1.29 is 9.53 Å². The van der Waals surface area contributed by atoms with Crippen molar-refractivity contribution in [3.8, 4) is 5.69 Å². The van der Waals surface area contributed by atoms with E-state index in [-0.39, 0.29) is 12.0 Å². The first-order valence-electron chi connectivity index (χ1n) is 6.94. The van der Waals surface area contributed by atoms with E-state index in [0.29, 0.717) is 17.3 Å². The molecule has 0 unspecified atom stereocenters. The highest BCUT2D eigenvalue weighted by molar-refractivity contribution is 6.30. The second kappa shape index (κ2) is 6.28. The first kappa shape index (κ1) is 14.1. The second-order valence-corrected chi connectivity index (χ2v) is 5.43. The van der Waals surface area contributed by atoms with E-state index in [1.165, 1.54) is 0 Å². The van der Waals surface area contributed by atoms with Gasteiger partial charge in [0, 0.05) is 17.7 Å². The summed E-state index contributed by atoms with van der Waals surface area (Å²) in [7, 11) is 0. The van der Waals surface area contributed by atoms with Crippen LogP contribution >= 0.6 is 11.6 Å². The van der Waals surface area contributed by atoms with Crippen molar-refractivity contribution in [3.63, 3.8) is 0 Å². The van der Waals surface area contributed by atoms with E-state index in [2.05, 4.69) is 10.4 Å². The Morgan fingerprint density at radius 3 is 3.14 bits per heavy atom. The zero-order chi connectivity index (χ0) is 14.7. The summed E-state index contributed by atoms with van der Waals surface area (Å²) in [5.74, 6) is 0.561. The van der Waals surface area contributed by atoms with Gasteiger partial charge in [0.05, 0.1) is 24.4 Å². The highest BCUT2D eigenvalue weighted by Crippen LogP contribution is 2.20. The fraction of sp³-hybridized carbons (Fsp3) is 0.333. The largest absolute Gasteiger partial charge is 0.378 e. The maximum Gasteiger partial charge on any atom is 0.228 e. The number of hydrogen-bond acceptors (Lipinski definition) is 3. The van der Waals surface area contributed by atoms with Crippen molar-refractivity contribution in [1.82, 2.24) is 9.78 Å². The highest BCUT2D eigenvalue weighted by atomic mass is 35.5. The van der Waals surface area contributed by atoms with Crippen molar-refractivity contribution in [1.29, 1.82) is 0 Å². The SMILES string of the molecule is O=C(C[C@@H]1CCCO1)Nc1ccnn1-c1cccc(Cl)c1. The third-order valence-electron chi connectivity index (χ3n) is 3.40. The number of rotatable bonds is 4. The van der Waals surface area contributed by atoms with Gasteiger partial charge in [-0.1, -0.05) is 17.7 Å². The van der Waals surface area contributed by atoms with E-state index in [0.717, 1.165) is 25.1 Å².